The molecular weight excluding hydrogens is 284 g/mol. The van der Waals surface area contributed by atoms with Crippen LogP contribution in [0.2, 0.25) is 0 Å². The zero-order valence-corrected chi connectivity index (χ0v) is 11.0. The first-order chi connectivity index (χ1) is 8.20. The average Bonchev–Trinajstić information content (AvgIpc) is 2.35. The highest BCUT2D eigenvalue weighted by Gasteiger charge is 2.08. The largest absolute Gasteiger partial charge is 0.436 e. The third-order valence-corrected chi connectivity index (χ3v) is 2.64. The van der Waals surface area contributed by atoms with Crippen molar-refractivity contribution in [1.29, 1.82) is 0 Å². The number of halogens is 1. The molecule has 0 saturated heterocycles. The van der Waals surface area contributed by atoms with Crippen molar-refractivity contribution in [2.45, 2.75) is 6.92 Å². The summed E-state index contributed by atoms with van der Waals surface area (Å²) >= 11 is 3.34. The normalized spacial score (nSPS) is 10.1. The van der Waals surface area contributed by atoms with Gasteiger partial charge in [-0.25, -0.2) is 4.98 Å². The number of hydrogen-bond donors (Lipinski definition) is 1. The fraction of sp³-hybridized carbons (Fsp3) is 0.182. The van der Waals surface area contributed by atoms with E-state index in [-0.39, 0.29) is 0 Å². The van der Waals surface area contributed by atoms with E-state index < -0.39 is 0 Å². The van der Waals surface area contributed by atoms with Crippen LogP contribution in [-0.2, 0) is 0 Å². The minimum Gasteiger partial charge on any atom is -0.436 e. The Morgan fingerprint density at radius 2 is 2.18 bits per heavy atom. The number of aromatic nitrogens is 3. The number of aryl methyl sites for hydroxylation is 1. The van der Waals surface area contributed by atoms with E-state index in [4.69, 9.17) is 4.74 Å². The molecular formula is C11H11BrN4O. The SMILES string of the molecule is CNc1ncc(Br)c(Oc2cccnc2C)n1. The number of pyridine rings is 1. The van der Waals surface area contributed by atoms with Gasteiger partial charge >= 0.3 is 0 Å². The molecule has 0 saturated carbocycles. The quantitative estimate of drug-likeness (QED) is 0.943. The summed E-state index contributed by atoms with van der Waals surface area (Å²) < 4.78 is 6.38. The molecule has 0 aliphatic heterocycles. The fourth-order valence-electron chi connectivity index (χ4n) is 1.23. The predicted octanol–water partition coefficient (Wildman–Crippen LogP) is 2.78. The van der Waals surface area contributed by atoms with E-state index in [1.165, 1.54) is 0 Å². The van der Waals surface area contributed by atoms with E-state index in [2.05, 4.69) is 36.2 Å². The Hall–Kier alpha value is -1.69. The summed E-state index contributed by atoms with van der Waals surface area (Å²) in [7, 11) is 1.75. The minimum absolute atomic E-state index is 0.459. The summed E-state index contributed by atoms with van der Waals surface area (Å²) in [6.45, 7) is 1.88. The van der Waals surface area contributed by atoms with Crippen LogP contribution in [0.3, 0.4) is 0 Å². The second-order valence-electron chi connectivity index (χ2n) is 3.29. The molecule has 2 rings (SSSR count). The summed E-state index contributed by atoms with van der Waals surface area (Å²) in [5.41, 5.74) is 0.809. The van der Waals surface area contributed by atoms with Crippen LogP contribution in [0.4, 0.5) is 5.95 Å². The topological polar surface area (TPSA) is 59.9 Å². The minimum atomic E-state index is 0.459. The zero-order chi connectivity index (χ0) is 12.3. The summed E-state index contributed by atoms with van der Waals surface area (Å²) in [6.07, 6.45) is 3.36. The van der Waals surface area contributed by atoms with Crippen molar-refractivity contribution in [3.05, 3.63) is 34.7 Å². The van der Waals surface area contributed by atoms with Crippen molar-refractivity contribution in [3.63, 3.8) is 0 Å². The number of ether oxygens (including phenoxy) is 1. The molecule has 0 aliphatic carbocycles. The van der Waals surface area contributed by atoms with Gasteiger partial charge in [0.15, 0.2) is 5.75 Å². The number of anilines is 1. The Morgan fingerprint density at radius 3 is 2.88 bits per heavy atom. The predicted molar refractivity (Wildman–Crippen MR) is 68.3 cm³/mol. The maximum Gasteiger partial charge on any atom is 0.238 e. The van der Waals surface area contributed by atoms with Crippen LogP contribution in [0.5, 0.6) is 11.6 Å². The van der Waals surface area contributed by atoms with Crippen molar-refractivity contribution in [2.24, 2.45) is 0 Å². The summed E-state index contributed by atoms with van der Waals surface area (Å²) in [6, 6.07) is 3.66. The number of hydrogen-bond acceptors (Lipinski definition) is 5. The molecule has 88 valence electrons. The second kappa shape index (κ2) is 5.09. The van der Waals surface area contributed by atoms with E-state index >= 15 is 0 Å². The Bertz CT molecular complexity index is 533. The highest BCUT2D eigenvalue weighted by molar-refractivity contribution is 9.10. The molecule has 5 nitrogen and oxygen atoms in total. The summed E-state index contributed by atoms with van der Waals surface area (Å²) in [4.78, 5) is 12.4. The number of nitrogens with zero attached hydrogens (tertiary/aromatic N) is 3. The second-order valence-corrected chi connectivity index (χ2v) is 4.14. The van der Waals surface area contributed by atoms with Crippen LogP contribution in [0.25, 0.3) is 0 Å². The molecule has 1 N–H and O–H groups in total. The van der Waals surface area contributed by atoms with Crippen molar-refractivity contribution in [1.82, 2.24) is 15.0 Å². The van der Waals surface area contributed by atoms with Crippen molar-refractivity contribution in [2.75, 3.05) is 12.4 Å². The Labute approximate surface area is 107 Å². The van der Waals surface area contributed by atoms with E-state index in [0.29, 0.717) is 22.1 Å². The van der Waals surface area contributed by atoms with Gasteiger partial charge in [0.2, 0.25) is 11.8 Å². The van der Waals surface area contributed by atoms with Gasteiger partial charge in [0.25, 0.3) is 0 Å². The molecule has 17 heavy (non-hydrogen) atoms. The third kappa shape index (κ3) is 2.71. The van der Waals surface area contributed by atoms with Crippen molar-refractivity contribution < 1.29 is 4.74 Å². The first-order valence-corrected chi connectivity index (χ1v) is 5.80. The lowest BCUT2D eigenvalue weighted by Crippen LogP contribution is -1.99. The van der Waals surface area contributed by atoms with Crippen LogP contribution in [-0.4, -0.2) is 22.0 Å². The van der Waals surface area contributed by atoms with Crippen LogP contribution >= 0.6 is 15.9 Å². The highest BCUT2D eigenvalue weighted by atomic mass is 79.9. The van der Waals surface area contributed by atoms with E-state index in [9.17, 15) is 0 Å². The molecule has 0 fully saturated rings. The molecule has 0 aromatic carbocycles. The molecule has 2 heterocycles. The lowest BCUT2D eigenvalue weighted by atomic mass is 10.3. The van der Waals surface area contributed by atoms with Crippen LogP contribution in [0.1, 0.15) is 5.69 Å². The molecule has 0 radical (unpaired) electrons. The van der Waals surface area contributed by atoms with Gasteiger partial charge in [-0.3, -0.25) is 4.98 Å². The standard InChI is InChI=1S/C11H11BrN4O/c1-7-9(4-3-5-14-7)17-10-8(12)6-15-11(13-2)16-10/h3-6H,1-2H3,(H,13,15,16). The van der Waals surface area contributed by atoms with Gasteiger partial charge in [-0.1, -0.05) is 0 Å². The van der Waals surface area contributed by atoms with Gasteiger partial charge in [0.05, 0.1) is 16.4 Å². The van der Waals surface area contributed by atoms with E-state index in [1.54, 1.807) is 19.4 Å². The first-order valence-electron chi connectivity index (χ1n) is 5.00. The average molecular weight is 295 g/mol. The van der Waals surface area contributed by atoms with Crippen LogP contribution in [0.15, 0.2) is 29.0 Å². The maximum absolute atomic E-state index is 5.68. The lowest BCUT2D eigenvalue weighted by Gasteiger charge is -2.09. The molecule has 6 heteroatoms. The van der Waals surface area contributed by atoms with Gasteiger partial charge in [-0.05, 0) is 35.0 Å². The lowest BCUT2D eigenvalue weighted by molar-refractivity contribution is 0.453. The van der Waals surface area contributed by atoms with Gasteiger partial charge in [0.1, 0.15) is 0 Å². The smallest absolute Gasteiger partial charge is 0.238 e. The molecule has 2 aromatic rings. The molecule has 0 bridgehead atoms. The Morgan fingerprint density at radius 1 is 1.35 bits per heavy atom. The number of nitrogens with one attached hydrogen (secondary N) is 1. The van der Waals surface area contributed by atoms with Gasteiger partial charge in [-0.2, -0.15) is 4.98 Å². The monoisotopic (exact) mass is 294 g/mol. The van der Waals surface area contributed by atoms with Crippen molar-refractivity contribution in [3.8, 4) is 11.6 Å². The number of rotatable bonds is 3. The molecule has 0 atom stereocenters. The Kier molecular flexibility index (Phi) is 3.53. The Balaban J connectivity index is 2.32. The highest BCUT2D eigenvalue weighted by Crippen LogP contribution is 2.28. The van der Waals surface area contributed by atoms with Gasteiger partial charge < -0.3 is 10.1 Å². The molecule has 0 spiro atoms. The third-order valence-electron chi connectivity index (χ3n) is 2.10. The van der Waals surface area contributed by atoms with Gasteiger partial charge in [-0.15, -0.1) is 0 Å². The molecule has 0 aliphatic rings. The van der Waals surface area contributed by atoms with E-state index in [1.807, 2.05) is 19.1 Å². The van der Waals surface area contributed by atoms with Crippen molar-refractivity contribution >= 4 is 21.9 Å². The fourth-order valence-corrected chi connectivity index (χ4v) is 1.50. The van der Waals surface area contributed by atoms with Crippen LogP contribution in [0, 0.1) is 6.92 Å². The first kappa shape index (κ1) is 11.8. The maximum atomic E-state index is 5.68. The molecule has 0 unspecified atom stereocenters. The summed E-state index contributed by atoms with van der Waals surface area (Å²) in [5, 5.41) is 2.86. The zero-order valence-electron chi connectivity index (χ0n) is 9.44. The van der Waals surface area contributed by atoms with Gasteiger partial charge in [0, 0.05) is 13.2 Å². The van der Waals surface area contributed by atoms with E-state index in [0.717, 1.165) is 5.69 Å². The summed E-state index contributed by atoms with van der Waals surface area (Å²) in [5.74, 6) is 1.64. The van der Waals surface area contributed by atoms with Crippen LogP contribution < -0.4 is 10.1 Å². The molecule has 0 amide bonds. The molecule has 2 aromatic heterocycles.